The van der Waals surface area contributed by atoms with Gasteiger partial charge in [-0.05, 0) is 36.2 Å². The van der Waals surface area contributed by atoms with Crippen LogP contribution in [0.15, 0.2) is 35.1 Å². The highest BCUT2D eigenvalue weighted by Crippen LogP contribution is 2.23. The van der Waals surface area contributed by atoms with Crippen molar-refractivity contribution in [2.75, 3.05) is 0 Å². The van der Waals surface area contributed by atoms with Crippen LogP contribution < -0.4 is 5.56 Å². The lowest BCUT2D eigenvalue weighted by molar-refractivity contribution is 1.18. The fourth-order valence-electron chi connectivity index (χ4n) is 1.66. The van der Waals surface area contributed by atoms with Crippen LogP contribution in [0.5, 0.6) is 0 Å². The lowest BCUT2D eigenvalue weighted by Crippen LogP contribution is -2.11. The van der Waals surface area contributed by atoms with E-state index in [1.807, 2.05) is 25.1 Å². The maximum atomic E-state index is 11.6. The second-order valence-corrected chi connectivity index (χ2v) is 4.13. The van der Waals surface area contributed by atoms with Crippen molar-refractivity contribution in [2.24, 2.45) is 0 Å². The number of hydrogen-bond acceptors (Lipinski definition) is 2. The lowest BCUT2D eigenvalue weighted by atomic mass is 10.1. The molecule has 0 aliphatic rings. The number of pyridine rings is 1. The van der Waals surface area contributed by atoms with Crippen LogP contribution in [0.3, 0.4) is 0 Å². The fourth-order valence-corrected chi connectivity index (χ4v) is 1.85. The molecule has 0 bridgehead atoms. The Labute approximate surface area is 103 Å². The van der Waals surface area contributed by atoms with Crippen LogP contribution in [0.1, 0.15) is 11.1 Å². The van der Waals surface area contributed by atoms with Gasteiger partial charge in [-0.25, -0.2) is 0 Å². The zero-order valence-electron chi connectivity index (χ0n) is 9.12. The monoisotopic (exact) mass is 244 g/mol. The Balaban J connectivity index is 2.66. The predicted molar refractivity (Wildman–Crippen MR) is 67.0 cm³/mol. The van der Waals surface area contributed by atoms with Crippen LogP contribution in [0, 0.1) is 18.3 Å². The topological polar surface area (TPSA) is 56.6 Å². The Bertz CT molecular complexity index is 668. The van der Waals surface area contributed by atoms with E-state index in [1.165, 1.54) is 0 Å². The van der Waals surface area contributed by atoms with Crippen molar-refractivity contribution in [3.63, 3.8) is 0 Å². The first-order chi connectivity index (χ1) is 8.11. The Hall–Kier alpha value is -2.05. The molecule has 4 heteroatoms. The average Bonchev–Trinajstić information content (AvgIpc) is 2.31. The van der Waals surface area contributed by atoms with Gasteiger partial charge in [0.25, 0.3) is 5.56 Å². The molecule has 0 unspecified atom stereocenters. The van der Waals surface area contributed by atoms with Crippen molar-refractivity contribution in [1.82, 2.24) is 4.98 Å². The zero-order chi connectivity index (χ0) is 12.4. The number of H-pyrrole nitrogens is 1. The van der Waals surface area contributed by atoms with Crippen molar-refractivity contribution in [3.05, 3.63) is 56.8 Å². The number of aryl methyl sites for hydroxylation is 1. The summed E-state index contributed by atoms with van der Waals surface area (Å²) in [6, 6.07) is 10.6. The molecule has 0 spiro atoms. The smallest absolute Gasteiger partial charge is 0.266 e. The summed E-state index contributed by atoms with van der Waals surface area (Å²) in [7, 11) is 0. The third-order valence-electron chi connectivity index (χ3n) is 2.47. The number of rotatable bonds is 1. The molecule has 0 amide bonds. The zero-order valence-corrected chi connectivity index (χ0v) is 9.88. The Morgan fingerprint density at radius 1 is 1.35 bits per heavy atom. The summed E-state index contributed by atoms with van der Waals surface area (Å²) in [5.74, 6) is 0. The minimum Gasteiger partial charge on any atom is -0.321 e. The van der Waals surface area contributed by atoms with Crippen LogP contribution >= 0.6 is 11.6 Å². The van der Waals surface area contributed by atoms with E-state index in [1.54, 1.807) is 18.2 Å². The number of benzene rings is 1. The molecule has 0 atom stereocenters. The standard InChI is InChI=1S/C13H9ClN2O/c1-8-5-10(7-15)13(17)16-12(8)9-3-2-4-11(14)6-9/h2-6H,1H3,(H,16,17). The van der Waals surface area contributed by atoms with Crippen molar-refractivity contribution in [1.29, 1.82) is 5.26 Å². The van der Waals surface area contributed by atoms with Gasteiger partial charge in [0.2, 0.25) is 0 Å². The van der Waals surface area contributed by atoms with Gasteiger partial charge in [-0.15, -0.1) is 0 Å². The van der Waals surface area contributed by atoms with E-state index in [2.05, 4.69) is 4.98 Å². The number of nitriles is 1. The number of hydrogen-bond donors (Lipinski definition) is 1. The highest BCUT2D eigenvalue weighted by atomic mass is 35.5. The molecular weight excluding hydrogens is 236 g/mol. The van der Waals surface area contributed by atoms with Crippen LogP contribution in [0.25, 0.3) is 11.3 Å². The summed E-state index contributed by atoms with van der Waals surface area (Å²) < 4.78 is 0. The predicted octanol–water partition coefficient (Wildman–Crippen LogP) is 2.88. The van der Waals surface area contributed by atoms with Gasteiger partial charge < -0.3 is 4.98 Å². The van der Waals surface area contributed by atoms with Crippen LogP contribution in [-0.4, -0.2) is 4.98 Å². The Morgan fingerprint density at radius 3 is 2.76 bits per heavy atom. The number of aromatic amines is 1. The molecule has 84 valence electrons. The molecule has 1 aromatic carbocycles. The summed E-state index contributed by atoms with van der Waals surface area (Å²) in [6.07, 6.45) is 0. The van der Waals surface area contributed by atoms with E-state index in [-0.39, 0.29) is 11.1 Å². The fraction of sp³-hybridized carbons (Fsp3) is 0.0769. The van der Waals surface area contributed by atoms with E-state index in [4.69, 9.17) is 16.9 Å². The van der Waals surface area contributed by atoms with Gasteiger partial charge in [-0.2, -0.15) is 5.26 Å². The van der Waals surface area contributed by atoms with E-state index in [9.17, 15) is 4.79 Å². The number of nitrogens with one attached hydrogen (secondary N) is 1. The molecule has 1 heterocycles. The molecule has 0 fully saturated rings. The minimum atomic E-state index is -0.381. The van der Waals surface area contributed by atoms with Gasteiger partial charge in [-0.3, -0.25) is 4.79 Å². The number of halogens is 1. The Kier molecular flexibility index (Phi) is 2.99. The van der Waals surface area contributed by atoms with Crippen molar-refractivity contribution in [2.45, 2.75) is 6.92 Å². The van der Waals surface area contributed by atoms with Gasteiger partial charge in [0, 0.05) is 5.02 Å². The molecule has 0 saturated heterocycles. The summed E-state index contributed by atoms with van der Waals surface area (Å²) in [5.41, 5.74) is 2.10. The summed E-state index contributed by atoms with van der Waals surface area (Å²) in [5, 5.41) is 9.36. The molecule has 17 heavy (non-hydrogen) atoms. The number of aromatic nitrogens is 1. The largest absolute Gasteiger partial charge is 0.321 e. The summed E-state index contributed by atoms with van der Waals surface area (Å²) in [4.78, 5) is 14.3. The highest BCUT2D eigenvalue weighted by molar-refractivity contribution is 6.30. The molecule has 0 aliphatic carbocycles. The van der Waals surface area contributed by atoms with Gasteiger partial charge >= 0.3 is 0 Å². The maximum absolute atomic E-state index is 11.6. The molecule has 0 aliphatic heterocycles. The third kappa shape index (κ3) is 2.22. The van der Waals surface area contributed by atoms with Gasteiger partial charge in [-0.1, -0.05) is 23.7 Å². The second-order valence-electron chi connectivity index (χ2n) is 3.69. The number of nitrogens with zero attached hydrogens (tertiary/aromatic N) is 1. The first kappa shape index (κ1) is 11.4. The van der Waals surface area contributed by atoms with Gasteiger partial charge in [0.15, 0.2) is 0 Å². The van der Waals surface area contributed by atoms with Crippen LogP contribution in [-0.2, 0) is 0 Å². The van der Waals surface area contributed by atoms with Crippen LogP contribution in [0.2, 0.25) is 5.02 Å². The van der Waals surface area contributed by atoms with Crippen molar-refractivity contribution >= 4 is 11.6 Å². The Morgan fingerprint density at radius 2 is 2.12 bits per heavy atom. The third-order valence-corrected chi connectivity index (χ3v) is 2.71. The molecule has 1 aromatic heterocycles. The highest BCUT2D eigenvalue weighted by Gasteiger charge is 2.07. The molecule has 2 aromatic rings. The van der Waals surface area contributed by atoms with Gasteiger partial charge in [0.05, 0.1) is 5.69 Å². The van der Waals surface area contributed by atoms with E-state index >= 15 is 0 Å². The van der Waals surface area contributed by atoms with E-state index in [0.717, 1.165) is 11.1 Å². The molecule has 1 N–H and O–H groups in total. The SMILES string of the molecule is Cc1cc(C#N)c(=O)[nH]c1-c1cccc(Cl)c1. The average molecular weight is 245 g/mol. The maximum Gasteiger partial charge on any atom is 0.266 e. The second kappa shape index (κ2) is 4.44. The molecule has 0 radical (unpaired) electrons. The first-order valence-corrected chi connectivity index (χ1v) is 5.39. The normalized spacial score (nSPS) is 9.94. The summed E-state index contributed by atoms with van der Waals surface area (Å²) in [6.45, 7) is 1.84. The van der Waals surface area contributed by atoms with Crippen LogP contribution in [0.4, 0.5) is 0 Å². The van der Waals surface area contributed by atoms with E-state index < -0.39 is 0 Å². The molecule has 0 saturated carbocycles. The van der Waals surface area contributed by atoms with Crippen molar-refractivity contribution < 1.29 is 0 Å². The quantitative estimate of drug-likeness (QED) is 0.839. The summed E-state index contributed by atoms with van der Waals surface area (Å²) >= 11 is 5.90. The molecule has 3 nitrogen and oxygen atoms in total. The molecular formula is C13H9ClN2O. The minimum absolute atomic E-state index is 0.119. The van der Waals surface area contributed by atoms with E-state index in [0.29, 0.717) is 10.7 Å². The molecule has 2 rings (SSSR count). The van der Waals surface area contributed by atoms with Crippen molar-refractivity contribution in [3.8, 4) is 17.3 Å². The van der Waals surface area contributed by atoms with Gasteiger partial charge in [0.1, 0.15) is 11.6 Å². The lowest BCUT2D eigenvalue weighted by Gasteiger charge is -2.06. The first-order valence-electron chi connectivity index (χ1n) is 5.02.